The summed E-state index contributed by atoms with van der Waals surface area (Å²) in [6.45, 7) is 5.52. The van der Waals surface area contributed by atoms with Crippen molar-refractivity contribution in [2.24, 2.45) is 0 Å². The Labute approximate surface area is 113 Å². The smallest absolute Gasteiger partial charge is 0.313 e. The summed E-state index contributed by atoms with van der Waals surface area (Å²) in [5.74, 6) is -0.811. The lowest BCUT2D eigenvalue weighted by atomic mass is 9.83. The van der Waals surface area contributed by atoms with E-state index < -0.39 is 11.4 Å². The van der Waals surface area contributed by atoms with Gasteiger partial charge < -0.3 is 5.11 Å². The number of hydrogen-bond acceptors (Lipinski definition) is 1. The van der Waals surface area contributed by atoms with Gasteiger partial charge in [0.05, 0.1) is 5.41 Å². The molecule has 0 amide bonds. The van der Waals surface area contributed by atoms with Crippen molar-refractivity contribution in [2.45, 2.75) is 26.2 Å². The number of carboxylic acids is 1. The summed E-state index contributed by atoms with van der Waals surface area (Å²) in [6.07, 6.45) is 0. The summed E-state index contributed by atoms with van der Waals surface area (Å²) >= 11 is 0. The molecule has 0 saturated carbocycles. The highest BCUT2D eigenvalue weighted by Gasteiger charge is 2.29. The molecular formula is C17H18O2. The van der Waals surface area contributed by atoms with Crippen molar-refractivity contribution in [2.75, 3.05) is 0 Å². The number of aryl methyl sites for hydroxylation is 1. The first kappa shape index (κ1) is 13.3. The van der Waals surface area contributed by atoms with Gasteiger partial charge in [0, 0.05) is 0 Å². The lowest BCUT2D eigenvalue weighted by molar-refractivity contribution is -0.142. The molecule has 0 radical (unpaired) electrons. The van der Waals surface area contributed by atoms with Gasteiger partial charge in [-0.3, -0.25) is 4.79 Å². The largest absolute Gasteiger partial charge is 0.481 e. The van der Waals surface area contributed by atoms with Crippen LogP contribution in [0.25, 0.3) is 11.1 Å². The minimum absolute atomic E-state index is 0.811. The first-order valence-electron chi connectivity index (χ1n) is 6.33. The monoisotopic (exact) mass is 254 g/mol. The van der Waals surface area contributed by atoms with Crippen molar-refractivity contribution in [3.8, 4) is 11.1 Å². The van der Waals surface area contributed by atoms with Crippen LogP contribution >= 0.6 is 0 Å². The van der Waals surface area contributed by atoms with E-state index in [1.54, 1.807) is 13.8 Å². The minimum Gasteiger partial charge on any atom is -0.481 e. The number of hydrogen-bond donors (Lipinski definition) is 1. The predicted molar refractivity (Wildman–Crippen MR) is 77.3 cm³/mol. The minimum atomic E-state index is -0.876. The summed E-state index contributed by atoms with van der Waals surface area (Å²) < 4.78 is 0. The summed E-state index contributed by atoms with van der Waals surface area (Å²) in [5, 5.41) is 9.31. The van der Waals surface area contributed by atoms with Crippen LogP contribution in [0, 0.1) is 6.92 Å². The Hall–Kier alpha value is -2.09. The Kier molecular flexibility index (Phi) is 3.43. The first-order chi connectivity index (χ1) is 8.93. The van der Waals surface area contributed by atoms with Gasteiger partial charge in [-0.25, -0.2) is 0 Å². The fourth-order valence-corrected chi connectivity index (χ4v) is 2.10. The highest BCUT2D eigenvalue weighted by Crippen LogP contribution is 2.29. The zero-order valence-corrected chi connectivity index (χ0v) is 11.5. The third-order valence-corrected chi connectivity index (χ3v) is 3.57. The molecule has 2 heteroatoms. The second kappa shape index (κ2) is 4.88. The molecule has 0 heterocycles. The molecule has 98 valence electrons. The number of carbonyl (C=O) groups is 1. The lowest BCUT2D eigenvalue weighted by Gasteiger charge is -2.20. The van der Waals surface area contributed by atoms with Gasteiger partial charge in [-0.05, 0) is 43.0 Å². The summed E-state index contributed by atoms with van der Waals surface area (Å²) in [4.78, 5) is 11.3. The van der Waals surface area contributed by atoms with Gasteiger partial charge in [0.2, 0.25) is 0 Å². The fraction of sp³-hybridized carbons (Fsp3) is 0.235. The quantitative estimate of drug-likeness (QED) is 0.898. The fourth-order valence-electron chi connectivity index (χ4n) is 2.10. The van der Waals surface area contributed by atoms with Crippen molar-refractivity contribution < 1.29 is 9.90 Å². The predicted octanol–water partition coefficient (Wildman–Crippen LogP) is 4.02. The normalized spacial score (nSPS) is 11.3. The molecule has 0 aliphatic heterocycles. The van der Waals surface area contributed by atoms with Crippen molar-refractivity contribution in [3.63, 3.8) is 0 Å². The molecule has 0 aliphatic carbocycles. The van der Waals surface area contributed by atoms with Crippen molar-refractivity contribution in [1.29, 1.82) is 0 Å². The van der Waals surface area contributed by atoms with Gasteiger partial charge in [-0.2, -0.15) is 0 Å². The Morgan fingerprint density at radius 2 is 1.74 bits per heavy atom. The van der Waals surface area contributed by atoms with E-state index in [-0.39, 0.29) is 0 Å². The average Bonchev–Trinajstić information content (AvgIpc) is 2.39. The second-order valence-electron chi connectivity index (χ2n) is 5.33. The van der Waals surface area contributed by atoms with Crippen LogP contribution in [0.1, 0.15) is 25.0 Å². The van der Waals surface area contributed by atoms with Crippen molar-refractivity contribution >= 4 is 5.97 Å². The maximum Gasteiger partial charge on any atom is 0.313 e. The Morgan fingerprint density at radius 1 is 1.05 bits per heavy atom. The highest BCUT2D eigenvalue weighted by atomic mass is 16.4. The Bertz CT molecular complexity index is 612. The molecule has 0 bridgehead atoms. The molecule has 0 spiro atoms. The highest BCUT2D eigenvalue weighted by molar-refractivity contribution is 5.81. The van der Waals surface area contributed by atoms with E-state index >= 15 is 0 Å². The van der Waals surface area contributed by atoms with Gasteiger partial charge in [-0.15, -0.1) is 0 Å². The molecule has 19 heavy (non-hydrogen) atoms. The zero-order valence-electron chi connectivity index (χ0n) is 11.5. The molecule has 0 fully saturated rings. The zero-order chi connectivity index (χ0) is 14.0. The molecule has 0 unspecified atom stereocenters. The topological polar surface area (TPSA) is 37.3 Å². The van der Waals surface area contributed by atoms with Crippen LogP contribution in [0.4, 0.5) is 0 Å². The van der Waals surface area contributed by atoms with E-state index in [0.29, 0.717) is 0 Å². The maximum absolute atomic E-state index is 11.3. The van der Waals surface area contributed by atoms with Crippen LogP contribution in [-0.4, -0.2) is 11.1 Å². The van der Waals surface area contributed by atoms with Crippen LogP contribution in [0.3, 0.4) is 0 Å². The van der Waals surface area contributed by atoms with E-state index in [1.807, 2.05) is 36.4 Å². The molecule has 2 aromatic rings. The Morgan fingerprint density at radius 3 is 2.37 bits per heavy atom. The van der Waals surface area contributed by atoms with E-state index in [0.717, 1.165) is 16.7 Å². The van der Waals surface area contributed by atoms with Crippen molar-refractivity contribution in [3.05, 3.63) is 59.7 Å². The molecule has 0 atom stereocenters. The molecule has 0 aromatic heterocycles. The first-order valence-corrected chi connectivity index (χ1v) is 6.33. The van der Waals surface area contributed by atoms with Crippen LogP contribution in [0.5, 0.6) is 0 Å². The molecule has 2 nitrogen and oxygen atoms in total. The SMILES string of the molecule is Cc1ccccc1-c1cccc(C(C)(C)C(=O)O)c1. The van der Waals surface area contributed by atoms with Crippen LogP contribution in [0.15, 0.2) is 48.5 Å². The number of aliphatic carboxylic acids is 1. The van der Waals surface area contributed by atoms with Gasteiger partial charge in [0.1, 0.15) is 0 Å². The summed E-state index contributed by atoms with van der Waals surface area (Å²) in [5.41, 5.74) is 3.34. The average molecular weight is 254 g/mol. The molecule has 2 aromatic carbocycles. The van der Waals surface area contributed by atoms with E-state index in [4.69, 9.17) is 0 Å². The van der Waals surface area contributed by atoms with E-state index in [2.05, 4.69) is 19.1 Å². The van der Waals surface area contributed by atoms with E-state index in [1.165, 1.54) is 5.56 Å². The van der Waals surface area contributed by atoms with Crippen molar-refractivity contribution in [1.82, 2.24) is 0 Å². The molecule has 1 N–H and O–H groups in total. The summed E-state index contributed by atoms with van der Waals surface area (Å²) in [7, 11) is 0. The summed E-state index contributed by atoms with van der Waals surface area (Å²) in [6, 6.07) is 15.9. The molecular weight excluding hydrogens is 236 g/mol. The third kappa shape index (κ3) is 2.53. The van der Waals surface area contributed by atoms with Crippen LogP contribution in [0.2, 0.25) is 0 Å². The second-order valence-corrected chi connectivity index (χ2v) is 5.33. The lowest BCUT2D eigenvalue weighted by Crippen LogP contribution is -2.28. The maximum atomic E-state index is 11.3. The van der Waals surface area contributed by atoms with Crippen LogP contribution < -0.4 is 0 Å². The van der Waals surface area contributed by atoms with E-state index in [9.17, 15) is 9.90 Å². The number of benzene rings is 2. The number of carboxylic acid groups (broad SMARTS) is 1. The van der Waals surface area contributed by atoms with Crippen LogP contribution in [-0.2, 0) is 10.2 Å². The van der Waals surface area contributed by atoms with Gasteiger partial charge in [0.25, 0.3) is 0 Å². The number of rotatable bonds is 3. The molecule has 2 rings (SSSR count). The Balaban J connectivity index is 2.52. The van der Waals surface area contributed by atoms with Gasteiger partial charge >= 0.3 is 5.97 Å². The van der Waals surface area contributed by atoms with Gasteiger partial charge in [0.15, 0.2) is 0 Å². The van der Waals surface area contributed by atoms with Gasteiger partial charge in [-0.1, -0.05) is 48.5 Å². The third-order valence-electron chi connectivity index (χ3n) is 3.57. The standard InChI is InChI=1S/C17H18O2/c1-12-7-4-5-10-15(12)13-8-6-9-14(11-13)17(2,3)16(18)19/h4-11H,1-3H3,(H,18,19). The molecule has 0 saturated heterocycles. The molecule has 0 aliphatic rings.